The van der Waals surface area contributed by atoms with Gasteiger partial charge in [0.05, 0.1) is 17.5 Å². The van der Waals surface area contributed by atoms with Gasteiger partial charge in [-0.15, -0.1) is 0 Å². The van der Waals surface area contributed by atoms with Gasteiger partial charge in [-0.05, 0) is 47.9 Å². The van der Waals surface area contributed by atoms with E-state index in [0.717, 1.165) is 22.4 Å². The molecule has 31 heavy (non-hydrogen) atoms. The number of sulfonamides is 1. The van der Waals surface area contributed by atoms with E-state index < -0.39 is 39.6 Å². The summed E-state index contributed by atoms with van der Waals surface area (Å²) in [5.74, 6) is -2.81. The van der Waals surface area contributed by atoms with E-state index >= 15 is 0 Å². The van der Waals surface area contributed by atoms with Gasteiger partial charge in [-0.2, -0.15) is 0 Å². The predicted octanol–water partition coefficient (Wildman–Crippen LogP) is 3.80. The van der Waals surface area contributed by atoms with Gasteiger partial charge in [0.2, 0.25) is 10.0 Å². The normalized spacial score (nSPS) is 22.4. The molecule has 2 heterocycles. The predicted molar refractivity (Wildman–Crippen MR) is 111 cm³/mol. The molecule has 162 valence electrons. The standard InChI is InChI=1S/C22H19F3N2O3S/c23-17-11-19(25)18(24)9-16(17)22-20(26)10-15-14-8-13(27-6-1-7-31(27,28)29)4-2-12(14)3-5-21(15)30-22/h2-5,8-9,11,20,22H,1,6-7,10,26H2/t20-,22+/m0/s1. The second-order valence-electron chi connectivity index (χ2n) is 7.88. The van der Waals surface area contributed by atoms with E-state index in [9.17, 15) is 21.6 Å². The van der Waals surface area contributed by atoms with Gasteiger partial charge in [0, 0.05) is 23.7 Å². The van der Waals surface area contributed by atoms with Crippen LogP contribution in [-0.4, -0.2) is 26.8 Å². The number of anilines is 1. The molecule has 0 saturated carbocycles. The largest absolute Gasteiger partial charge is 0.484 e. The Balaban J connectivity index is 1.57. The molecule has 1 saturated heterocycles. The van der Waals surface area contributed by atoms with E-state index in [0.29, 0.717) is 36.9 Å². The van der Waals surface area contributed by atoms with Crippen LogP contribution >= 0.6 is 0 Å². The van der Waals surface area contributed by atoms with Crippen LogP contribution in [0, 0.1) is 17.5 Å². The summed E-state index contributed by atoms with van der Waals surface area (Å²) in [6, 6.07) is 9.48. The van der Waals surface area contributed by atoms with Crippen LogP contribution in [0.15, 0.2) is 42.5 Å². The van der Waals surface area contributed by atoms with Crippen molar-refractivity contribution in [1.82, 2.24) is 0 Å². The molecule has 1 fully saturated rings. The van der Waals surface area contributed by atoms with Crippen molar-refractivity contribution in [2.75, 3.05) is 16.6 Å². The van der Waals surface area contributed by atoms with E-state index in [1.54, 1.807) is 18.2 Å². The number of fused-ring (bicyclic) bond motifs is 3. The summed E-state index contributed by atoms with van der Waals surface area (Å²) in [4.78, 5) is 0. The van der Waals surface area contributed by atoms with Crippen molar-refractivity contribution in [2.24, 2.45) is 5.73 Å². The summed E-state index contributed by atoms with van der Waals surface area (Å²) < 4.78 is 73.3. The summed E-state index contributed by atoms with van der Waals surface area (Å²) in [6.45, 7) is 0.427. The van der Waals surface area contributed by atoms with Gasteiger partial charge < -0.3 is 10.5 Å². The van der Waals surface area contributed by atoms with Gasteiger partial charge in [0.1, 0.15) is 17.7 Å². The van der Waals surface area contributed by atoms with Crippen molar-refractivity contribution in [3.05, 3.63) is 71.0 Å². The van der Waals surface area contributed by atoms with Crippen molar-refractivity contribution in [3.63, 3.8) is 0 Å². The highest BCUT2D eigenvalue weighted by Crippen LogP contribution is 2.40. The molecule has 2 aliphatic heterocycles. The van der Waals surface area contributed by atoms with Gasteiger partial charge in [-0.25, -0.2) is 21.6 Å². The molecule has 2 aliphatic rings. The Hall–Kier alpha value is -2.78. The molecule has 3 aromatic rings. The minimum Gasteiger partial charge on any atom is -0.484 e. The van der Waals surface area contributed by atoms with E-state index in [4.69, 9.17) is 10.5 Å². The third-order valence-electron chi connectivity index (χ3n) is 5.89. The first-order valence-electron chi connectivity index (χ1n) is 9.87. The molecule has 2 atom stereocenters. The number of ether oxygens (including phenoxy) is 1. The second kappa shape index (κ2) is 7.13. The van der Waals surface area contributed by atoms with Gasteiger partial charge in [0.25, 0.3) is 0 Å². The lowest BCUT2D eigenvalue weighted by molar-refractivity contribution is 0.149. The Morgan fingerprint density at radius 3 is 2.48 bits per heavy atom. The van der Waals surface area contributed by atoms with Crippen LogP contribution in [0.1, 0.15) is 23.7 Å². The number of rotatable bonds is 2. The maximum absolute atomic E-state index is 14.3. The van der Waals surface area contributed by atoms with Crippen LogP contribution in [0.2, 0.25) is 0 Å². The van der Waals surface area contributed by atoms with Crippen molar-refractivity contribution >= 4 is 26.5 Å². The van der Waals surface area contributed by atoms with E-state index in [1.807, 2.05) is 12.1 Å². The van der Waals surface area contributed by atoms with Crippen LogP contribution in [0.5, 0.6) is 5.75 Å². The van der Waals surface area contributed by atoms with Crippen molar-refractivity contribution in [2.45, 2.75) is 25.0 Å². The fourth-order valence-electron chi connectivity index (χ4n) is 4.37. The molecule has 0 unspecified atom stereocenters. The molecule has 0 amide bonds. The van der Waals surface area contributed by atoms with Crippen LogP contribution in [0.25, 0.3) is 10.8 Å². The molecular weight excluding hydrogens is 429 g/mol. The Bertz CT molecular complexity index is 1310. The summed E-state index contributed by atoms with van der Waals surface area (Å²) in [5, 5.41) is 1.67. The second-order valence-corrected chi connectivity index (χ2v) is 9.90. The SMILES string of the molecule is N[C@H]1Cc2c(ccc3ccc(N4CCCS4(=O)=O)cc23)O[C@@H]1c1cc(F)c(F)cc1F. The van der Waals surface area contributed by atoms with Gasteiger partial charge in [-0.1, -0.05) is 12.1 Å². The van der Waals surface area contributed by atoms with Gasteiger partial charge >= 0.3 is 0 Å². The van der Waals surface area contributed by atoms with Crippen molar-refractivity contribution in [3.8, 4) is 5.75 Å². The molecule has 0 radical (unpaired) electrons. The lowest BCUT2D eigenvalue weighted by Crippen LogP contribution is -2.38. The average Bonchev–Trinajstić information content (AvgIpc) is 3.09. The fraction of sp³-hybridized carbons (Fsp3) is 0.273. The molecule has 2 N–H and O–H groups in total. The maximum atomic E-state index is 14.3. The molecule has 5 rings (SSSR count). The van der Waals surface area contributed by atoms with Gasteiger partial charge in [-0.3, -0.25) is 4.31 Å². The summed E-state index contributed by atoms with van der Waals surface area (Å²) in [7, 11) is -3.33. The molecule has 0 bridgehead atoms. The Kier molecular flexibility index (Phi) is 4.63. The first kappa shape index (κ1) is 20.1. The quantitative estimate of drug-likeness (QED) is 0.606. The van der Waals surface area contributed by atoms with E-state index in [-0.39, 0.29) is 11.3 Å². The molecular formula is C22H19F3N2O3S. The molecule has 0 aromatic heterocycles. The summed E-state index contributed by atoms with van der Waals surface area (Å²) in [5.41, 5.74) is 7.46. The fourth-order valence-corrected chi connectivity index (χ4v) is 5.93. The minimum absolute atomic E-state index is 0.118. The van der Waals surface area contributed by atoms with Crippen molar-refractivity contribution in [1.29, 1.82) is 0 Å². The number of benzene rings is 3. The Labute approximate surface area is 177 Å². The lowest BCUT2D eigenvalue weighted by Gasteiger charge is -2.33. The van der Waals surface area contributed by atoms with Gasteiger partial charge in [0.15, 0.2) is 11.6 Å². The number of halogens is 3. The molecule has 3 aromatic carbocycles. The van der Waals surface area contributed by atoms with Crippen LogP contribution in [0.4, 0.5) is 18.9 Å². The number of nitrogens with zero attached hydrogens (tertiary/aromatic N) is 1. The average molecular weight is 448 g/mol. The topological polar surface area (TPSA) is 72.6 Å². The third kappa shape index (κ3) is 3.32. The number of hydrogen-bond acceptors (Lipinski definition) is 4. The first-order chi connectivity index (χ1) is 14.7. The molecule has 0 spiro atoms. The molecule has 0 aliphatic carbocycles. The zero-order valence-electron chi connectivity index (χ0n) is 16.3. The lowest BCUT2D eigenvalue weighted by atomic mass is 9.90. The third-order valence-corrected chi connectivity index (χ3v) is 7.76. The van der Waals surface area contributed by atoms with Crippen LogP contribution in [-0.2, 0) is 16.4 Å². The minimum atomic E-state index is -3.33. The molecule has 5 nitrogen and oxygen atoms in total. The summed E-state index contributed by atoms with van der Waals surface area (Å²) >= 11 is 0. The Morgan fingerprint density at radius 1 is 1.00 bits per heavy atom. The van der Waals surface area contributed by atoms with Crippen LogP contribution < -0.4 is 14.8 Å². The highest BCUT2D eigenvalue weighted by Gasteiger charge is 2.33. The smallest absolute Gasteiger partial charge is 0.235 e. The van der Waals surface area contributed by atoms with E-state index in [2.05, 4.69) is 0 Å². The summed E-state index contributed by atoms with van der Waals surface area (Å²) in [6.07, 6.45) is -0.114. The zero-order valence-corrected chi connectivity index (χ0v) is 17.1. The maximum Gasteiger partial charge on any atom is 0.235 e. The van der Waals surface area contributed by atoms with Crippen molar-refractivity contribution < 1.29 is 26.3 Å². The number of nitrogens with two attached hydrogens (primary N) is 1. The Morgan fingerprint density at radius 2 is 1.74 bits per heavy atom. The highest BCUT2D eigenvalue weighted by atomic mass is 32.2. The number of hydrogen-bond donors (Lipinski definition) is 1. The first-order valence-corrected chi connectivity index (χ1v) is 11.5. The zero-order chi connectivity index (χ0) is 21.9. The van der Waals surface area contributed by atoms with Crippen LogP contribution in [0.3, 0.4) is 0 Å². The highest BCUT2D eigenvalue weighted by molar-refractivity contribution is 7.93. The monoisotopic (exact) mass is 448 g/mol. The molecule has 9 heteroatoms. The van der Waals surface area contributed by atoms with E-state index in [1.165, 1.54) is 4.31 Å².